The number of halogens is 2. The Morgan fingerprint density at radius 1 is 1.24 bits per heavy atom. The van der Waals surface area contributed by atoms with Gasteiger partial charge in [-0.3, -0.25) is 0 Å². The monoisotopic (exact) mass is 466 g/mol. The summed E-state index contributed by atoms with van der Waals surface area (Å²) in [6, 6.07) is -0.0235. The number of alkyl halides is 2. The number of carbonyl (C=O) groups is 1. The fourth-order valence-corrected chi connectivity index (χ4v) is 4.70. The molecule has 0 spiro atoms. The zero-order valence-corrected chi connectivity index (χ0v) is 20.7. The van der Waals surface area contributed by atoms with E-state index in [1.807, 2.05) is 37.6 Å². The molecular formula is C23H36F2N6O2. The number of likely N-dealkylation sites (tertiary alicyclic amines) is 1. The average molecular weight is 467 g/mol. The van der Waals surface area contributed by atoms with Crippen LogP contribution in [0.1, 0.15) is 54.4 Å². The Morgan fingerprint density at radius 2 is 1.94 bits per heavy atom. The molecule has 3 heterocycles. The standard InChI is InChI=1S/C23H36F2N6O2/c1-22(2,3)19-15(9-8-10-30(19)21(32)33-23(4,5)6)13-29(7)18-12-26-16-11-27-31(14-17(24)25)20(16)28-18/h11-12,15,17,19H,8-10,13-14H2,1-7H3. The maximum Gasteiger partial charge on any atom is 0.410 e. The van der Waals surface area contributed by atoms with Crippen molar-refractivity contribution in [1.82, 2.24) is 24.6 Å². The van der Waals surface area contributed by atoms with E-state index in [0.717, 1.165) is 12.8 Å². The van der Waals surface area contributed by atoms with Gasteiger partial charge in [0.25, 0.3) is 6.43 Å². The maximum absolute atomic E-state index is 13.0. The zero-order valence-electron chi connectivity index (χ0n) is 20.7. The number of nitrogens with zero attached hydrogens (tertiary/aromatic N) is 6. The van der Waals surface area contributed by atoms with Gasteiger partial charge in [0.15, 0.2) is 5.65 Å². The van der Waals surface area contributed by atoms with E-state index < -0.39 is 18.6 Å². The van der Waals surface area contributed by atoms with Gasteiger partial charge in [-0.05, 0) is 44.9 Å². The highest BCUT2D eigenvalue weighted by Gasteiger charge is 2.43. The highest BCUT2D eigenvalue weighted by atomic mass is 19.3. The van der Waals surface area contributed by atoms with E-state index in [4.69, 9.17) is 4.74 Å². The third-order valence-corrected chi connectivity index (χ3v) is 5.81. The van der Waals surface area contributed by atoms with Crippen LogP contribution in [0.25, 0.3) is 11.2 Å². The molecule has 0 N–H and O–H groups in total. The predicted molar refractivity (Wildman–Crippen MR) is 124 cm³/mol. The van der Waals surface area contributed by atoms with Gasteiger partial charge in [0.2, 0.25) is 0 Å². The van der Waals surface area contributed by atoms with Crippen molar-refractivity contribution in [2.24, 2.45) is 11.3 Å². The maximum atomic E-state index is 13.0. The molecule has 0 aliphatic carbocycles. The Labute approximate surface area is 194 Å². The van der Waals surface area contributed by atoms with E-state index >= 15 is 0 Å². The summed E-state index contributed by atoms with van der Waals surface area (Å²) >= 11 is 0. The second-order valence-electron chi connectivity index (χ2n) is 10.9. The number of anilines is 1. The summed E-state index contributed by atoms with van der Waals surface area (Å²) in [6.07, 6.45) is 2.12. The minimum absolute atomic E-state index is 0.0235. The van der Waals surface area contributed by atoms with E-state index in [-0.39, 0.29) is 23.5 Å². The molecule has 0 saturated carbocycles. The Bertz CT molecular complexity index is 966. The number of fused-ring (bicyclic) bond motifs is 1. The Balaban J connectivity index is 1.83. The summed E-state index contributed by atoms with van der Waals surface area (Å²) in [5.41, 5.74) is 0.101. The van der Waals surface area contributed by atoms with Crippen LogP contribution >= 0.6 is 0 Å². The van der Waals surface area contributed by atoms with Gasteiger partial charge >= 0.3 is 6.09 Å². The van der Waals surface area contributed by atoms with Crippen molar-refractivity contribution in [1.29, 1.82) is 0 Å². The van der Waals surface area contributed by atoms with Gasteiger partial charge in [0.05, 0.1) is 12.4 Å². The molecule has 1 amide bonds. The molecule has 33 heavy (non-hydrogen) atoms. The number of carbonyl (C=O) groups excluding carboxylic acids is 1. The largest absolute Gasteiger partial charge is 0.444 e. The number of hydrogen-bond acceptors (Lipinski definition) is 6. The molecule has 0 radical (unpaired) electrons. The van der Waals surface area contributed by atoms with Gasteiger partial charge in [-0.1, -0.05) is 20.8 Å². The molecule has 1 saturated heterocycles. The van der Waals surface area contributed by atoms with Crippen molar-refractivity contribution in [2.45, 2.75) is 79.0 Å². The molecule has 2 aromatic rings. The lowest BCUT2D eigenvalue weighted by molar-refractivity contribution is -0.0229. The van der Waals surface area contributed by atoms with E-state index in [1.54, 1.807) is 6.20 Å². The SMILES string of the molecule is CN(CC1CCCN(C(=O)OC(C)(C)C)C1C(C)(C)C)c1cnc2cnn(CC(F)F)c2n1. The first-order valence-corrected chi connectivity index (χ1v) is 11.4. The minimum atomic E-state index is -2.52. The van der Waals surface area contributed by atoms with Gasteiger partial charge in [0, 0.05) is 26.2 Å². The van der Waals surface area contributed by atoms with Crippen molar-refractivity contribution in [3.05, 3.63) is 12.4 Å². The summed E-state index contributed by atoms with van der Waals surface area (Å²) < 4.78 is 32.7. The van der Waals surface area contributed by atoms with Gasteiger partial charge in [0.1, 0.15) is 23.5 Å². The Morgan fingerprint density at radius 3 is 2.55 bits per heavy atom. The van der Waals surface area contributed by atoms with E-state index in [9.17, 15) is 13.6 Å². The lowest BCUT2D eigenvalue weighted by Gasteiger charge is -2.48. The highest BCUT2D eigenvalue weighted by Crippen LogP contribution is 2.37. The first kappa shape index (κ1) is 25.1. The molecule has 10 heteroatoms. The molecule has 2 atom stereocenters. The fourth-order valence-electron chi connectivity index (χ4n) is 4.70. The van der Waals surface area contributed by atoms with Crippen LogP contribution in [-0.2, 0) is 11.3 Å². The van der Waals surface area contributed by atoms with E-state index in [2.05, 4.69) is 35.8 Å². The van der Waals surface area contributed by atoms with Gasteiger partial charge in [-0.2, -0.15) is 5.10 Å². The normalized spacial score (nSPS) is 19.9. The van der Waals surface area contributed by atoms with E-state index in [0.29, 0.717) is 30.1 Å². The summed E-state index contributed by atoms with van der Waals surface area (Å²) in [7, 11) is 1.91. The van der Waals surface area contributed by atoms with Gasteiger partial charge < -0.3 is 14.5 Å². The smallest absolute Gasteiger partial charge is 0.410 e. The molecule has 3 rings (SSSR count). The summed E-state index contributed by atoms with van der Waals surface area (Å²) in [5.74, 6) is 0.764. The van der Waals surface area contributed by atoms with Gasteiger partial charge in [-0.25, -0.2) is 28.2 Å². The van der Waals surface area contributed by atoms with Crippen LogP contribution in [-0.4, -0.2) is 68.9 Å². The molecule has 2 aromatic heterocycles. The summed E-state index contributed by atoms with van der Waals surface area (Å²) in [5, 5.41) is 3.99. The minimum Gasteiger partial charge on any atom is -0.444 e. The molecule has 2 unspecified atom stereocenters. The first-order chi connectivity index (χ1) is 15.3. The van der Waals surface area contributed by atoms with E-state index in [1.165, 1.54) is 10.9 Å². The van der Waals surface area contributed by atoms with Crippen LogP contribution < -0.4 is 4.90 Å². The lowest BCUT2D eigenvalue weighted by Crippen LogP contribution is -2.57. The van der Waals surface area contributed by atoms with Crippen LogP contribution in [0.2, 0.25) is 0 Å². The van der Waals surface area contributed by atoms with Crippen LogP contribution in [0.3, 0.4) is 0 Å². The number of amides is 1. The van der Waals surface area contributed by atoms with Crippen molar-refractivity contribution in [2.75, 3.05) is 25.0 Å². The third kappa shape index (κ3) is 6.09. The molecule has 1 aliphatic rings. The lowest BCUT2D eigenvalue weighted by atomic mass is 9.74. The number of aromatic nitrogens is 4. The number of rotatable bonds is 5. The zero-order chi connectivity index (χ0) is 24.6. The highest BCUT2D eigenvalue weighted by molar-refractivity contribution is 5.71. The number of hydrogen-bond donors (Lipinski definition) is 0. The molecule has 0 bridgehead atoms. The summed E-state index contributed by atoms with van der Waals surface area (Å²) in [4.78, 5) is 25.8. The molecule has 8 nitrogen and oxygen atoms in total. The quantitative estimate of drug-likeness (QED) is 0.642. The van der Waals surface area contributed by atoms with Crippen LogP contribution in [0.4, 0.5) is 19.4 Å². The third-order valence-electron chi connectivity index (χ3n) is 5.81. The van der Waals surface area contributed by atoms with Crippen LogP contribution in [0.15, 0.2) is 12.4 Å². The van der Waals surface area contributed by atoms with Crippen molar-refractivity contribution < 1.29 is 18.3 Å². The molecule has 1 aliphatic heterocycles. The first-order valence-electron chi connectivity index (χ1n) is 11.4. The number of piperidine rings is 1. The topological polar surface area (TPSA) is 76.4 Å². The van der Waals surface area contributed by atoms with Crippen molar-refractivity contribution in [3.63, 3.8) is 0 Å². The Kier molecular flexibility index (Phi) is 7.14. The van der Waals surface area contributed by atoms with Crippen LogP contribution in [0, 0.1) is 11.3 Å². The van der Waals surface area contributed by atoms with Crippen molar-refractivity contribution in [3.8, 4) is 0 Å². The van der Waals surface area contributed by atoms with Crippen LogP contribution in [0.5, 0.6) is 0 Å². The second kappa shape index (κ2) is 9.38. The predicted octanol–water partition coefficient (Wildman–Crippen LogP) is 4.59. The van der Waals surface area contributed by atoms with Crippen molar-refractivity contribution >= 4 is 23.1 Å². The second-order valence-corrected chi connectivity index (χ2v) is 10.9. The molecule has 0 aromatic carbocycles. The van der Waals surface area contributed by atoms with Gasteiger partial charge in [-0.15, -0.1) is 0 Å². The molecule has 184 valence electrons. The summed E-state index contributed by atoms with van der Waals surface area (Å²) in [6.45, 7) is 12.8. The number of ether oxygens (including phenoxy) is 1. The fraction of sp³-hybridized carbons (Fsp3) is 0.739. The molecule has 1 fully saturated rings. The Hall–Kier alpha value is -2.52. The average Bonchev–Trinajstić information content (AvgIpc) is 3.07. The molecular weight excluding hydrogens is 430 g/mol.